The third-order valence-corrected chi connectivity index (χ3v) is 6.48. The number of rotatable bonds is 4. The number of benzene rings is 3. The van der Waals surface area contributed by atoms with Crippen LogP contribution in [-0.4, -0.2) is 21.5 Å². The fourth-order valence-corrected chi connectivity index (χ4v) is 4.48. The number of aromatic nitrogens is 1. The summed E-state index contributed by atoms with van der Waals surface area (Å²) in [5.74, 6) is -1.26. The van der Waals surface area contributed by atoms with E-state index in [1.54, 1.807) is 12.1 Å². The Hall–Kier alpha value is -4.10. The van der Waals surface area contributed by atoms with Gasteiger partial charge in [-0.15, -0.1) is 0 Å². The van der Waals surface area contributed by atoms with E-state index in [9.17, 15) is 14.0 Å². The maximum Gasteiger partial charge on any atom is 0.270 e. The standard InChI is InChI=1S/C28H22FN3O2S/c1-17-6-8-23(12-18(17)2)32-27(34)24(26(33)30-28(32)35)15-19-7-9-25-21(13-19)10-11-31(25)16-20-4-3-5-22(29)14-20/h3-15H,16H2,1-2H3,(H,30,33,35)/b24-15-. The van der Waals surface area contributed by atoms with Gasteiger partial charge < -0.3 is 4.57 Å². The van der Waals surface area contributed by atoms with Crippen LogP contribution >= 0.6 is 12.2 Å². The van der Waals surface area contributed by atoms with E-state index in [0.29, 0.717) is 17.8 Å². The molecule has 5 nitrogen and oxygen atoms in total. The molecule has 0 spiro atoms. The highest BCUT2D eigenvalue weighted by molar-refractivity contribution is 7.80. The summed E-state index contributed by atoms with van der Waals surface area (Å²) in [6.45, 7) is 4.48. The lowest BCUT2D eigenvalue weighted by Gasteiger charge is -2.29. The minimum atomic E-state index is -0.524. The highest BCUT2D eigenvalue weighted by Crippen LogP contribution is 2.26. The van der Waals surface area contributed by atoms with Crippen molar-refractivity contribution in [1.82, 2.24) is 9.88 Å². The zero-order valence-electron chi connectivity index (χ0n) is 19.2. The molecule has 174 valence electrons. The van der Waals surface area contributed by atoms with Crippen molar-refractivity contribution in [1.29, 1.82) is 0 Å². The Labute approximate surface area is 207 Å². The maximum atomic E-state index is 13.6. The minimum absolute atomic E-state index is 0.00960. The number of amides is 2. The van der Waals surface area contributed by atoms with Crippen LogP contribution in [0.1, 0.15) is 22.3 Å². The van der Waals surface area contributed by atoms with E-state index < -0.39 is 11.8 Å². The quantitative estimate of drug-likeness (QED) is 0.244. The maximum absolute atomic E-state index is 13.6. The number of fused-ring (bicyclic) bond motifs is 1. The number of thiocarbonyl (C=S) groups is 1. The highest BCUT2D eigenvalue weighted by Gasteiger charge is 2.34. The fraction of sp³-hybridized carbons (Fsp3) is 0.107. The van der Waals surface area contributed by atoms with Gasteiger partial charge in [0, 0.05) is 23.6 Å². The first-order valence-electron chi connectivity index (χ1n) is 11.1. The van der Waals surface area contributed by atoms with Crippen molar-refractivity contribution in [3.63, 3.8) is 0 Å². The van der Waals surface area contributed by atoms with Gasteiger partial charge in [0.1, 0.15) is 11.4 Å². The second-order valence-electron chi connectivity index (χ2n) is 8.62. The summed E-state index contributed by atoms with van der Waals surface area (Å²) < 4.78 is 15.6. The van der Waals surface area contributed by atoms with Gasteiger partial charge in [0.25, 0.3) is 11.8 Å². The van der Waals surface area contributed by atoms with E-state index in [4.69, 9.17) is 12.2 Å². The molecule has 0 bridgehead atoms. The molecule has 1 fully saturated rings. The third kappa shape index (κ3) is 4.38. The first kappa shape index (κ1) is 22.7. The molecule has 35 heavy (non-hydrogen) atoms. The van der Waals surface area contributed by atoms with Gasteiger partial charge in [0.05, 0.1) is 5.69 Å². The van der Waals surface area contributed by atoms with Crippen molar-refractivity contribution in [2.45, 2.75) is 20.4 Å². The van der Waals surface area contributed by atoms with Crippen LogP contribution < -0.4 is 10.2 Å². The number of nitrogens with zero attached hydrogens (tertiary/aromatic N) is 2. The first-order valence-corrected chi connectivity index (χ1v) is 11.5. The molecule has 0 aliphatic carbocycles. The average molecular weight is 484 g/mol. The molecule has 3 aromatic carbocycles. The van der Waals surface area contributed by atoms with Gasteiger partial charge in [0.15, 0.2) is 5.11 Å². The predicted octanol–water partition coefficient (Wildman–Crippen LogP) is 5.28. The summed E-state index contributed by atoms with van der Waals surface area (Å²) in [5, 5.41) is 3.64. The summed E-state index contributed by atoms with van der Waals surface area (Å²) in [7, 11) is 0. The van der Waals surface area contributed by atoms with Crippen LogP contribution in [0.25, 0.3) is 17.0 Å². The molecule has 1 N–H and O–H groups in total. The normalized spacial score (nSPS) is 15.2. The Kier molecular flexibility index (Phi) is 5.78. The molecule has 0 radical (unpaired) electrons. The molecule has 1 aliphatic heterocycles. The van der Waals surface area contributed by atoms with Crippen LogP contribution in [0.15, 0.2) is 78.5 Å². The largest absolute Gasteiger partial charge is 0.343 e. The smallest absolute Gasteiger partial charge is 0.270 e. The van der Waals surface area contributed by atoms with Crippen molar-refractivity contribution in [3.8, 4) is 0 Å². The number of anilines is 1. The SMILES string of the molecule is Cc1ccc(N2C(=O)/C(=C\c3ccc4c(ccn4Cc4cccc(F)c4)c3)C(=O)NC2=S)cc1C. The van der Waals surface area contributed by atoms with Crippen LogP contribution in [-0.2, 0) is 16.1 Å². The molecule has 0 atom stereocenters. The van der Waals surface area contributed by atoms with Crippen molar-refractivity contribution in [2.24, 2.45) is 0 Å². The van der Waals surface area contributed by atoms with Crippen LogP contribution in [0.4, 0.5) is 10.1 Å². The molecule has 2 amide bonds. The van der Waals surface area contributed by atoms with Gasteiger partial charge in [-0.3, -0.25) is 19.8 Å². The zero-order chi connectivity index (χ0) is 24.7. The first-order chi connectivity index (χ1) is 16.8. The van der Waals surface area contributed by atoms with Gasteiger partial charge in [0.2, 0.25) is 0 Å². The van der Waals surface area contributed by atoms with Crippen LogP contribution in [0.2, 0.25) is 0 Å². The van der Waals surface area contributed by atoms with Gasteiger partial charge in [-0.1, -0.05) is 24.3 Å². The van der Waals surface area contributed by atoms with E-state index in [1.807, 2.05) is 73.1 Å². The Bertz CT molecular complexity index is 1550. The van der Waals surface area contributed by atoms with Crippen LogP contribution in [0.5, 0.6) is 0 Å². The van der Waals surface area contributed by atoms with E-state index in [1.165, 1.54) is 17.0 Å². The van der Waals surface area contributed by atoms with Crippen molar-refractivity contribution >= 4 is 51.8 Å². The summed E-state index contributed by atoms with van der Waals surface area (Å²) in [5.41, 5.74) is 5.28. The molecule has 7 heteroatoms. The lowest BCUT2D eigenvalue weighted by molar-refractivity contribution is -0.122. The summed E-state index contributed by atoms with van der Waals surface area (Å²) in [4.78, 5) is 27.3. The lowest BCUT2D eigenvalue weighted by Crippen LogP contribution is -2.54. The van der Waals surface area contributed by atoms with E-state index in [2.05, 4.69) is 5.32 Å². The molecular weight excluding hydrogens is 461 g/mol. The summed E-state index contributed by atoms with van der Waals surface area (Å²) >= 11 is 5.30. The van der Waals surface area contributed by atoms with Gasteiger partial charge >= 0.3 is 0 Å². The molecule has 0 saturated carbocycles. The summed E-state index contributed by atoms with van der Waals surface area (Å²) in [6, 6.07) is 19.8. The second-order valence-corrected chi connectivity index (χ2v) is 9.00. The fourth-order valence-electron chi connectivity index (χ4n) is 4.20. The molecule has 1 saturated heterocycles. The molecule has 5 rings (SSSR count). The van der Waals surface area contributed by atoms with Crippen LogP contribution in [0, 0.1) is 19.7 Å². The van der Waals surface area contributed by atoms with Crippen molar-refractivity contribution < 1.29 is 14.0 Å². The zero-order valence-corrected chi connectivity index (χ0v) is 20.0. The van der Waals surface area contributed by atoms with E-state index in [-0.39, 0.29) is 16.5 Å². The molecule has 1 aliphatic rings. The number of carbonyl (C=O) groups excluding carboxylic acids is 2. The highest BCUT2D eigenvalue weighted by atomic mass is 32.1. The number of aryl methyl sites for hydroxylation is 2. The van der Waals surface area contributed by atoms with Crippen molar-refractivity contribution in [2.75, 3.05) is 4.90 Å². The number of carbonyl (C=O) groups is 2. The van der Waals surface area contributed by atoms with E-state index in [0.717, 1.165) is 27.6 Å². The monoisotopic (exact) mass is 483 g/mol. The Morgan fingerprint density at radius 2 is 1.80 bits per heavy atom. The lowest BCUT2D eigenvalue weighted by atomic mass is 10.0. The topological polar surface area (TPSA) is 54.3 Å². The van der Waals surface area contributed by atoms with Gasteiger partial charge in [-0.2, -0.15) is 0 Å². The number of halogens is 1. The molecule has 1 aromatic heterocycles. The van der Waals surface area contributed by atoms with Gasteiger partial charge in [-0.05, 0) is 96.9 Å². The molecule has 4 aromatic rings. The second kappa shape index (κ2) is 8.92. The van der Waals surface area contributed by atoms with E-state index >= 15 is 0 Å². The predicted molar refractivity (Wildman–Crippen MR) is 140 cm³/mol. The Morgan fingerprint density at radius 3 is 2.57 bits per heavy atom. The minimum Gasteiger partial charge on any atom is -0.343 e. The Morgan fingerprint density at radius 1 is 0.971 bits per heavy atom. The number of hydrogen-bond acceptors (Lipinski definition) is 3. The molecule has 0 unspecified atom stereocenters. The number of nitrogens with one attached hydrogen (secondary N) is 1. The summed E-state index contributed by atoms with van der Waals surface area (Å²) in [6.07, 6.45) is 3.52. The Balaban J connectivity index is 1.46. The number of hydrogen-bond donors (Lipinski definition) is 1. The van der Waals surface area contributed by atoms with Gasteiger partial charge in [-0.25, -0.2) is 4.39 Å². The molecule has 2 heterocycles. The average Bonchev–Trinajstić information content (AvgIpc) is 3.21. The molecular formula is C28H22FN3O2S. The third-order valence-electron chi connectivity index (χ3n) is 6.20. The van der Waals surface area contributed by atoms with Crippen LogP contribution in [0.3, 0.4) is 0 Å². The van der Waals surface area contributed by atoms with Crippen molar-refractivity contribution in [3.05, 3.63) is 107 Å².